The number of pyridine rings is 1. The van der Waals surface area contributed by atoms with Crippen LogP contribution in [0.2, 0.25) is 0 Å². The van der Waals surface area contributed by atoms with Crippen LogP contribution in [-0.2, 0) is 0 Å². The fourth-order valence-electron chi connectivity index (χ4n) is 3.93. The molecule has 0 aliphatic carbocycles. The van der Waals surface area contributed by atoms with Gasteiger partial charge in [-0.3, -0.25) is 4.79 Å². The minimum absolute atomic E-state index is 0.128. The zero-order chi connectivity index (χ0) is 22.9. The van der Waals surface area contributed by atoms with E-state index in [2.05, 4.69) is 0 Å². The summed E-state index contributed by atoms with van der Waals surface area (Å²) in [4.78, 5) is 18.2. The average Bonchev–Trinajstić information content (AvgIpc) is 3.45. The van der Waals surface area contributed by atoms with E-state index in [1.54, 1.807) is 26.4 Å². The van der Waals surface area contributed by atoms with Crippen molar-refractivity contribution in [3.8, 4) is 33.3 Å². The minimum Gasteiger partial charge on any atom is -0.493 e. The lowest BCUT2D eigenvalue weighted by Crippen LogP contribution is -2.07. The molecule has 7 heteroatoms. The second kappa shape index (κ2) is 8.44. The van der Waals surface area contributed by atoms with Gasteiger partial charge in [-0.25, -0.2) is 4.98 Å². The van der Waals surface area contributed by atoms with Gasteiger partial charge in [0.05, 0.1) is 36.7 Å². The fraction of sp³-hybridized carbons (Fsp3) is 0.0769. The third kappa shape index (κ3) is 3.52. The van der Waals surface area contributed by atoms with Gasteiger partial charge >= 0.3 is 0 Å². The average molecular weight is 456 g/mol. The van der Waals surface area contributed by atoms with Crippen LogP contribution in [0, 0.1) is 0 Å². The molecule has 0 aliphatic rings. The smallest absolute Gasteiger partial charge is 0.211 e. The zero-order valence-electron chi connectivity index (χ0n) is 18.1. The number of hydrogen-bond donors (Lipinski definition) is 1. The summed E-state index contributed by atoms with van der Waals surface area (Å²) >= 11 is 1.48. The Labute approximate surface area is 194 Å². The van der Waals surface area contributed by atoms with Crippen molar-refractivity contribution < 1.29 is 14.3 Å². The number of benzene rings is 2. The third-order valence-corrected chi connectivity index (χ3v) is 6.39. The number of carbonyl (C=O) groups excluding carboxylic acids is 1. The topological polar surface area (TPSA) is 78.9 Å². The van der Waals surface area contributed by atoms with E-state index < -0.39 is 0 Å². The second-order valence-electron chi connectivity index (χ2n) is 7.40. The molecule has 0 amide bonds. The monoisotopic (exact) mass is 455 g/mol. The van der Waals surface area contributed by atoms with E-state index in [4.69, 9.17) is 20.2 Å². The standard InChI is InChI=1S/C26H21N3O3S/c1-31-20-12-11-17(14-21(20)32-2)18-15-33-26(28-18)22-19-10-6-7-13-29(19)24(23(22)27)25(30)16-8-4-3-5-9-16/h3-15H,27H2,1-2H3. The van der Waals surface area contributed by atoms with E-state index in [1.807, 2.05) is 70.6 Å². The van der Waals surface area contributed by atoms with Crippen molar-refractivity contribution >= 4 is 28.3 Å². The van der Waals surface area contributed by atoms with Gasteiger partial charge in [0.1, 0.15) is 10.7 Å². The molecule has 0 spiro atoms. The molecule has 0 radical (unpaired) electrons. The van der Waals surface area contributed by atoms with Crippen LogP contribution in [0.15, 0.2) is 78.3 Å². The molecule has 0 bridgehead atoms. The van der Waals surface area contributed by atoms with Gasteiger partial charge in [0, 0.05) is 22.7 Å². The largest absolute Gasteiger partial charge is 0.493 e. The fourth-order valence-corrected chi connectivity index (χ4v) is 4.82. The number of nitrogens with zero attached hydrogens (tertiary/aromatic N) is 2. The Balaban J connectivity index is 1.63. The van der Waals surface area contributed by atoms with Crippen molar-refractivity contribution in [1.29, 1.82) is 0 Å². The highest BCUT2D eigenvalue weighted by Crippen LogP contribution is 2.40. The Morgan fingerprint density at radius 2 is 1.73 bits per heavy atom. The van der Waals surface area contributed by atoms with Crippen molar-refractivity contribution in [1.82, 2.24) is 9.38 Å². The first-order valence-electron chi connectivity index (χ1n) is 10.3. The second-order valence-corrected chi connectivity index (χ2v) is 8.25. The molecule has 164 valence electrons. The highest BCUT2D eigenvalue weighted by molar-refractivity contribution is 7.13. The number of thiazole rings is 1. The van der Waals surface area contributed by atoms with Gasteiger partial charge in [-0.2, -0.15) is 0 Å². The molecule has 0 atom stereocenters. The number of carbonyl (C=O) groups is 1. The summed E-state index contributed by atoms with van der Waals surface area (Å²) in [7, 11) is 3.21. The summed E-state index contributed by atoms with van der Waals surface area (Å²) in [6.07, 6.45) is 1.86. The zero-order valence-corrected chi connectivity index (χ0v) is 18.9. The Morgan fingerprint density at radius 3 is 2.48 bits per heavy atom. The summed E-state index contributed by atoms with van der Waals surface area (Å²) in [5.74, 6) is 1.16. The highest BCUT2D eigenvalue weighted by Gasteiger charge is 2.25. The van der Waals surface area contributed by atoms with Crippen LogP contribution in [0.5, 0.6) is 11.5 Å². The summed E-state index contributed by atoms with van der Waals surface area (Å²) in [6, 6.07) is 20.6. The molecule has 2 aromatic carbocycles. The minimum atomic E-state index is -0.128. The van der Waals surface area contributed by atoms with E-state index in [-0.39, 0.29) is 5.78 Å². The molecule has 5 rings (SSSR count). The molecular weight excluding hydrogens is 434 g/mol. The quantitative estimate of drug-likeness (QED) is 0.339. The van der Waals surface area contributed by atoms with Gasteiger partial charge in [0.2, 0.25) is 5.78 Å². The molecule has 0 saturated carbocycles. The maximum Gasteiger partial charge on any atom is 0.211 e. The molecule has 0 aliphatic heterocycles. The molecule has 2 N–H and O–H groups in total. The molecular formula is C26H21N3O3S. The highest BCUT2D eigenvalue weighted by atomic mass is 32.1. The molecule has 0 fully saturated rings. The van der Waals surface area contributed by atoms with Crippen molar-refractivity contribution in [2.75, 3.05) is 20.0 Å². The third-order valence-electron chi connectivity index (χ3n) is 5.53. The van der Waals surface area contributed by atoms with Crippen molar-refractivity contribution in [3.05, 3.63) is 89.6 Å². The van der Waals surface area contributed by atoms with E-state index in [0.29, 0.717) is 28.4 Å². The van der Waals surface area contributed by atoms with Crippen LogP contribution in [0.4, 0.5) is 5.69 Å². The molecule has 33 heavy (non-hydrogen) atoms. The van der Waals surface area contributed by atoms with Gasteiger partial charge in [0.15, 0.2) is 11.5 Å². The number of rotatable bonds is 6. The van der Waals surface area contributed by atoms with Gasteiger partial charge in [0.25, 0.3) is 0 Å². The van der Waals surface area contributed by atoms with Crippen LogP contribution >= 0.6 is 11.3 Å². The van der Waals surface area contributed by atoms with Crippen LogP contribution in [0.1, 0.15) is 16.1 Å². The number of aromatic nitrogens is 2. The predicted molar refractivity (Wildman–Crippen MR) is 131 cm³/mol. The molecule has 3 heterocycles. The molecule has 3 aromatic heterocycles. The molecule has 5 aromatic rings. The first-order chi connectivity index (χ1) is 16.1. The normalized spacial score (nSPS) is 11.0. The van der Waals surface area contributed by atoms with Crippen LogP contribution in [0.25, 0.3) is 27.3 Å². The summed E-state index contributed by atoms with van der Waals surface area (Å²) in [5, 5.41) is 2.72. The lowest BCUT2D eigenvalue weighted by atomic mass is 10.1. The number of ether oxygens (including phenoxy) is 2. The van der Waals surface area contributed by atoms with E-state index in [9.17, 15) is 4.79 Å². The van der Waals surface area contributed by atoms with Crippen molar-refractivity contribution in [2.45, 2.75) is 0 Å². The summed E-state index contributed by atoms with van der Waals surface area (Å²) in [6.45, 7) is 0. The summed E-state index contributed by atoms with van der Waals surface area (Å²) < 4.78 is 12.6. The number of anilines is 1. The van der Waals surface area contributed by atoms with E-state index in [0.717, 1.165) is 27.3 Å². The van der Waals surface area contributed by atoms with Gasteiger partial charge in [-0.05, 0) is 30.3 Å². The van der Waals surface area contributed by atoms with Crippen LogP contribution in [-0.4, -0.2) is 29.4 Å². The van der Waals surface area contributed by atoms with E-state index >= 15 is 0 Å². The number of fused-ring (bicyclic) bond motifs is 1. The number of hydrogen-bond acceptors (Lipinski definition) is 6. The Bertz CT molecular complexity index is 1470. The number of methoxy groups -OCH3 is 2. The maximum atomic E-state index is 13.3. The lowest BCUT2D eigenvalue weighted by molar-refractivity contribution is 0.103. The van der Waals surface area contributed by atoms with Gasteiger partial charge in [-0.15, -0.1) is 11.3 Å². The SMILES string of the molecule is COc1ccc(-c2csc(-c3c(N)c(C(=O)c4ccccc4)n4ccccc34)n2)cc1OC. The lowest BCUT2D eigenvalue weighted by Gasteiger charge is -2.08. The number of ketones is 1. The van der Waals surface area contributed by atoms with Crippen LogP contribution in [0.3, 0.4) is 0 Å². The van der Waals surface area contributed by atoms with Gasteiger partial charge in [-0.1, -0.05) is 36.4 Å². The Hall–Kier alpha value is -4.10. The van der Waals surface area contributed by atoms with Crippen molar-refractivity contribution in [2.24, 2.45) is 0 Å². The Morgan fingerprint density at radius 1 is 0.970 bits per heavy atom. The van der Waals surface area contributed by atoms with E-state index in [1.165, 1.54) is 11.3 Å². The van der Waals surface area contributed by atoms with Crippen molar-refractivity contribution in [3.63, 3.8) is 0 Å². The molecule has 6 nitrogen and oxygen atoms in total. The first kappa shape index (κ1) is 20.8. The first-order valence-corrected chi connectivity index (χ1v) is 11.2. The molecule has 0 saturated heterocycles. The predicted octanol–water partition coefficient (Wildman–Crippen LogP) is 5.56. The molecule has 0 unspecified atom stereocenters. The Kier molecular flexibility index (Phi) is 5.32. The maximum absolute atomic E-state index is 13.3. The number of nitrogens with two attached hydrogens (primary N) is 1. The van der Waals surface area contributed by atoms with Crippen LogP contribution < -0.4 is 15.2 Å². The summed E-state index contributed by atoms with van der Waals surface area (Å²) in [5.41, 5.74) is 11.3. The van der Waals surface area contributed by atoms with Gasteiger partial charge < -0.3 is 19.6 Å². The number of nitrogen functional groups attached to an aromatic ring is 1.